The van der Waals surface area contributed by atoms with Crippen LogP contribution in [0.1, 0.15) is 15.2 Å². The summed E-state index contributed by atoms with van der Waals surface area (Å²) in [5.41, 5.74) is 1.21. The molecule has 0 radical (unpaired) electrons. The van der Waals surface area contributed by atoms with Crippen molar-refractivity contribution in [3.05, 3.63) is 46.8 Å². The molecule has 1 heterocycles. The fourth-order valence-corrected chi connectivity index (χ4v) is 3.35. The average Bonchev–Trinajstić information content (AvgIpc) is 2.66. The molecule has 0 saturated heterocycles. The molecular weight excluding hydrogens is 240 g/mol. The first-order chi connectivity index (χ1) is 7.65. The topological polar surface area (TPSA) is 37.3 Å². The average molecular weight is 250 g/mol. The molecule has 4 heteroatoms. The van der Waals surface area contributed by atoms with E-state index in [1.54, 1.807) is 17.8 Å². The number of carboxylic acid groups (broad SMARTS) is 1. The highest BCUT2D eigenvalue weighted by atomic mass is 32.2. The van der Waals surface area contributed by atoms with Gasteiger partial charge in [0.1, 0.15) is 4.88 Å². The van der Waals surface area contributed by atoms with Gasteiger partial charge in [-0.2, -0.15) is 0 Å². The van der Waals surface area contributed by atoms with Gasteiger partial charge in [0.25, 0.3) is 0 Å². The van der Waals surface area contributed by atoms with Crippen LogP contribution in [0.4, 0.5) is 0 Å². The summed E-state index contributed by atoms with van der Waals surface area (Å²) in [7, 11) is 0. The third-order valence-corrected chi connectivity index (χ3v) is 4.19. The van der Waals surface area contributed by atoms with Gasteiger partial charge in [0.05, 0.1) is 4.21 Å². The first kappa shape index (κ1) is 11.2. The van der Waals surface area contributed by atoms with Gasteiger partial charge < -0.3 is 5.11 Å². The fraction of sp³-hybridized carbons (Fsp3) is 0.0833. The zero-order chi connectivity index (χ0) is 11.5. The molecule has 0 saturated carbocycles. The maximum Gasteiger partial charge on any atom is 0.345 e. The van der Waals surface area contributed by atoms with Crippen LogP contribution in [0.25, 0.3) is 0 Å². The van der Waals surface area contributed by atoms with Crippen LogP contribution in [0.3, 0.4) is 0 Å². The Bertz CT molecular complexity index is 517. The molecule has 0 aliphatic carbocycles. The predicted octanol–water partition coefficient (Wildman–Crippen LogP) is 3.91. The molecule has 0 unspecified atom stereocenters. The van der Waals surface area contributed by atoms with Gasteiger partial charge in [0.15, 0.2) is 0 Å². The molecule has 0 atom stereocenters. The number of carbonyl (C=O) groups is 1. The van der Waals surface area contributed by atoms with Crippen molar-refractivity contribution in [1.82, 2.24) is 0 Å². The van der Waals surface area contributed by atoms with Crippen LogP contribution in [-0.4, -0.2) is 11.1 Å². The molecule has 0 bridgehead atoms. The highest BCUT2D eigenvalue weighted by Crippen LogP contribution is 2.33. The highest BCUT2D eigenvalue weighted by molar-refractivity contribution is 8.01. The fourth-order valence-electron chi connectivity index (χ4n) is 1.28. The number of rotatable bonds is 3. The molecule has 1 aromatic heterocycles. The highest BCUT2D eigenvalue weighted by Gasteiger charge is 2.07. The minimum Gasteiger partial charge on any atom is -0.477 e. The molecule has 0 amide bonds. The summed E-state index contributed by atoms with van der Waals surface area (Å²) >= 11 is 2.90. The normalized spacial score (nSPS) is 10.3. The second-order valence-corrected chi connectivity index (χ2v) is 5.80. The van der Waals surface area contributed by atoms with Crippen molar-refractivity contribution < 1.29 is 9.90 Å². The van der Waals surface area contributed by atoms with E-state index in [0.717, 1.165) is 9.10 Å². The Morgan fingerprint density at radius 2 is 2.12 bits per heavy atom. The lowest BCUT2D eigenvalue weighted by Crippen LogP contribution is -1.89. The van der Waals surface area contributed by atoms with Gasteiger partial charge in [0.2, 0.25) is 0 Å². The van der Waals surface area contributed by atoms with Gasteiger partial charge in [0, 0.05) is 4.90 Å². The molecule has 16 heavy (non-hydrogen) atoms. The monoisotopic (exact) mass is 250 g/mol. The van der Waals surface area contributed by atoms with Gasteiger partial charge in [-0.25, -0.2) is 4.79 Å². The molecule has 0 spiro atoms. The van der Waals surface area contributed by atoms with E-state index in [9.17, 15) is 4.79 Å². The summed E-state index contributed by atoms with van der Waals surface area (Å²) in [6.07, 6.45) is 0. The summed E-state index contributed by atoms with van der Waals surface area (Å²) in [5, 5.41) is 8.81. The molecule has 1 aromatic carbocycles. The lowest BCUT2D eigenvalue weighted by Gasteiger charge is -1.99. The van der Waals surface area contributed by atoms with Gasteiger partial charge in [-0.3, -0.25) is 0 Å². The lowest BCUT2D eigenvalue weighted by molar-refractivity contribution is 0.0702. The number of benzene rings is 1. The largest absolute Gasteiger partial charge is 0.477 e. The maximum atomic E-state index is 10.7. The zero-order valence-corrected chi connectivity index (χ0v) is 10.3. The van der Waals surface area contributed by atoms with Crippen LogP contribution in [0.5, 0.6) is 0 Å². The summed E-state index contributed by atoms with van der Waals surface area (Å²) in [4.78, 5) is 12.2. The van der Waals surface area contributed by atoms with E-state index in [2.05, 4.69) is 6.07 Å². The van der Waals surface area contributed by atoms with Crippen molar-refractivity contribution in [3.8, 4) is 0 Å². The quantitative estimate of drug-likeness (QED) is 0.897. The molecular formula is C12H10O2S2. The molecule has 0 fully saturated rings. The molecule has 2 nitrogen and oxygen atoms in total. The Morgan fingerprint density at radius 1 is 1.31 bits per heavy atom. The molecule has 0 aliphatic heterocycles. The minimum absolute atomic E-state index is 0.384. The minimum atomic E-state index is -0.860. The van der Waals surface area contributed by atoms with E-state index in [0.29, 0.717) is 4.88 Å². The van der Waals surface area contributed by atoms with Crippen LogP contribution < -0.4 is 0 Å². The molecule has 82 valence electrons. The smallest absolute Gasteiger partial charge is 0.345 e. The van der Waals surface area contributed by atoms with Gasteiger partial charge in [-0.05, 0) is 31.2 Å². The summed E-state index contributed by atoms with van der Waals surface area (Å²) in [6.45, 7) is 2.04. The van der Waals surface area contributed by atoms with E-state index in [4.69, 9.17) is 5.11 Å². The predicted molar refractivity (Wildman–Crippen MR) is 66.6 cm³/mol. The van der Waals surface area contributed by atoms with Crippen LogP contribution >= 0.6 is 23.1 Å². The lowest BCUT2D eigenvalue weighted by atomic mass is 10.2. The Kier molecular flexibility index (Phi) is 3.31. The molecule has 0 aliphatic rings. The summed E-state index contributed by atoms with van der Waals surface area (Å²) in [6, 6.07) is 11.7. The number of hydrogen-bond donors (Lipinski definition) is 1. The number of aromatic carboxylic acids is 1. The van der Waals surface area contributed by atoms with Crippen LogP contribution in [0.2, 0.25) is 0 Å². The Hall–Kier alpha value is -1.26. The first-order valence-electron chi connectivity index (χ1n) is 4.73. The van der Waals surface area contributed by atoms with Crippen molar-refractivity contribution in [2.24, 2.45) is 0 Å². The second-order valence-electron chi connectivity index (χ2n) is 3.34. The first-order valence-corrected chi connectivity index (χ1v) is 6.36. The van der Waals surface area contributed by atoms with Crippen molar-refractivity contribution in [2.75, 3.05) is 0 Å². The van der Waals surface area contributed by atoms with Crippen molar-refractivity contribution in [2.45, 2.75) is 16.0 Å². The number of carboxylic acids is 1. The summed E-state index contributed by atoms with van der Waals surface area (Å²) < 4.78 is 1.00. The van der Waals surface area contributed by atoms with E-state index >= 15 is 0 Å². The van der Waals surface area contributed by atoms with Crippen molar-refractivity contribution in [1.29, 1.82) is 0 Å². The van der Waals surface area contributed by atoms with E-state index < -0.39 is 5.97 Å². The second kappa shape index (κ2) is 4.72. The van der Waals surface area contributed by atoms with Gasteiger partial charge in [-0.15, -0.1) is 11.3 Å². The number of hydrogen-bond acceptors (Lipinski definition) is 3. The zero-order valence-electron chi connectivity index (χ0n) is 8.64. The Morgan fingerprint density at radius 3 is 2.75 bits per heavy atom. The van der Waals surface area contributed by atoms with E-state index in [1.165, 1.54) is 16.9 Å². The third-order valence-electron chi connectivity index (χ3n) is 2.00. The molecule has 2 rings (SSSR count). The standard InChI is InChI=1S/C12H10O2S2/c1-8-3-2-4-9(7-8)15-11-6-5-10(16-11)12(13)14/h2-7H,1H3,(H,13,14). The van der Waals surface area contributed by atoms with Crippen LogP contribution in [-0.2, 0) is 0 Å². The third kappa shape index (κ3) is 2.65. The number of thiophene rings is 1. The maximum absolute atomic E-state index is 10.7. The van der Waals surface area contributed by atoms with E-state index in [-0.39, 0.29) is 0 Å². The summed E-state index contributed by atoms with van der Waals surface area (Å²) in [5.74, 6) is -0.860. The van der Waals surface area contributed by atoms with Gasteiger partial charge in [-0.1, -0.05) is 29.5 Å². The Labute approximate surface area is 102 Å². The molecule has 2 aromatic rings. The van der Waals surface area contributed by atoms with Crippen LogP contribution in [0, 0.1) is 6.92 Å². The Balaban J connectivity index is 2.17. The van der Waals surface area contributed by atoms with Gasteiger partial charge >= 0.3 is 5.97 Å². The van der Waals surface area contributed by atoms with E-state index in [1.807, 2.05) is 31.2 Å². The van der Waals surface area contributed by atoms with Crippen molar-refractivity contribution >= 4 is 29.1 Å². The number of aryl methyl sites for hydroxylation is 1. The molecule has 1 N–H and O–H groups in total. The van der Waals surface area contributed by atoms with Crippen molar-refractivity contribution in [3.63, 3.8) is 0 Å². The van der Waals surface area contributed by atoms with Crippen LogP contribution in [0.15, 0.2) is 45.5 Å². The SMILES string of the molecule is Cc1cccc(Sc2ccc(C(=O)O)s2)c1.